The molecule has 0 aromatic heterocycles. The van der Waals surface area contributed by atoms with Gasteiger partial charge in [-0.25, -0.2) is 0 Å². The summed E-state index contributed by atoms with van der Waals surface area (Å²) in [5, 5.41) is 12.3. The molecule has 168 valence electrons. The van der Waals surface area contributed by atoms with Crippen molar-refractivity contribution in [3.05, 3.63) is 98.1 Å². The number of aryl methyl sites for hydroxylation is 1. The van der Waals surface area contributed by atoms with Crippen LogP contribution in [0.25, 0.3) is 6.08 Å². The Morgan fingerprint density at radius 3 is 2.45 bits per heavy atom. The summed E-state index contributed by atoms with van der Waals surface area (Å²) in [5.41, 5.74) is 3.94. The summed E-state index contributed by atoms with van der Waals surface area (Å²) in [6, 6.07) is 23.4. The normalized spacial score (nSPS) is 10.9. The summed E-state index contributed by atoms with van der Waals surface area (Å²) >= 11 is 2.18. The van der Waals surface area contributed by atoms with Gasteiger partial charge in [-0.05, 0) is 71.3 Å². The van der Waals surface area contributed by atoms with Gasteiger partial charge in [0.05, 0.1) is 10.2 Å². The van der Waals surface area contributed by atoms with E-state index in [-0.39, 0.29) is 5.57 Å². The SMILES string of the molecule is CCOc1cc(/C=C(\C#N)C(=O)NCc2ccccc2)cc(I)c1OCc1ccc(C)cc1. The summed E-state index contributed by atoms with van der Waals surface area (Å²) < 4.78 is 12.7. The number of ether oxygens (including phenoxy) is 2. The van der Waals surface area contributed by atoms with Crippen LogP contribution in [-0.4, -0.2) is 12.5 Å². The predicted molar refractivity (Wildman–Crippen MR) is 138 cm³/mol. The van der Waals surface area contributed by atoms with Gasteiger partial charge in [0.25, 0.3) is 5.91 Å². The molecule has 0 fully saturated rings. The lowest BCUT2D eigenvalue weighted by Gasteiger charge is -2.15. The molecule has 0 unspecified atom stereocenters. The smallest absolute Gasteiger partial charge is 0.262 e. The first-order valence-corrected chi connectivity index (χ1v) is 11.7. The number of amides is 1. The number of nitrogens with zero attached hydrogens (tertiary/aromatic N) is 1. The summed E-state index contributed by atoms with van der Waals surface area (Å²) in [6.45, 7) is 5.18. The molecule has 0 spiro atoms. The van der Waals surface area contributed by atoms with E-state index >= 15 is 0 Å². The van der Waals surface area contributed by atoms with Crippen molar-refractivity contribution in [1.29, 1.82) is 5.26 Å². The first-order valence-electron chi connectivity index (χ1n) is 10.6. The average molecular weight is 552 g/mol. The van der Waals surface area contributed by atoms with Crippen LogP contribution in [0.1, 0.15) is 29.2 Å². The minimum Gasteiger partial charge on any atom is -0.490 e. The Morgan fingerprint density at radius 1 is 1.06 bits per heavy atom. The molecule has 0 aliphatic rings. The van der Waals surface area contributed by atoms with Gasteiger partial charge in [0.15, 0.2) is 11.5 Å². The van der Waals surface area contributed by atoms with Gasteiger partial charge in [0.2, 0.25) is 0 Å². The van der Waals surface area contributed by atoms with Crippen molar-refractivity contribution in [3.63, 3.8) is 0 Å². The zero-order valence-electron chi connectivity index (χ0n) is 18.6. The lowest BCUT2D eigenvalue weighted by Crippen LogP contribution is -2.23. The Balaban J connectivity index is 1.78. The van der Waals surface area contributed by atoms with Crippen LogP contribution < -0.4 is 14.8 Å². The summed E-state index contributed by atoms with van der Waals surface area (Å²) in [4.78, 5) is 12.5. The van der Waals surface area contributed by atoms with Gasteiger partial charge in [-0.15, -0.1) is 0 Å². The zero-order valence-corrected chi connectivity index (χ0v) is 20.8. The highest BCUT2D eigenvalue weighted by Crippen LogP contribution is 2.35. The van der Waals surface area contributed by atoms with Crippen molar-refractivity contribution in [2.75, 3.05) is 6.61 Å². The molecule has 33 heavy (non-hydrogen) atoms. The van der Waals surface area contributed by atoms with E-state index in [1.165, 1.54) is 5.56 Å². The lowest BCUT2D eigenvalue weighted by molar-refractivity contribution is -0.117. The van der Waals surface area contributed by atoms with Gasteiger partial charge >= 0.3 is 0 Å². The number of carbonyl (C=O) groups is 1. The van der Waals surface area contributed by atoms with E-state index < -0.39 is 5.91 Å². The van der Waals surface area contributed by atoms with Gasteiger partial charge in [-0.3, -0.25) is 4.79 Å². The maximum atomic E-state index is 12.5. The van der Waals surface area contributed by atoms with Crippen LogP contribution in [0.15, 0.2) is 72.3 Å². The number of hydrogen-bond donors (Lipinski definition) is 1. The Kier molecular flexibility index (Phi) is 8.90. The van der Waals surface area contributed by atoms with Crippen LogP contribution in [0.3, 0.4) is 0 Å². The molecule has 3 aromatic carbocycles. The van der Waals surface area contributed by atoms with E-state index in [0.29, 0.717) is 36.8 Å². The average Bonchev–Trinajstić information content (AvgIpc) is 2.82. The molecule has 1 N–H and O–H groups in total. The predicted octanol–water partition coefficient (Wildman–Crippen LogP) is 5.80. The number of hydrogen-bond acceptors (Lipinski definition) is 4. The number of nitrogens with one attached hydrogen (secondary N) is 1. The Hall–Kier alpha value is -3.31. The monoisotopic (exact) mass is 552 g/mol. The molecule has 0 bridgehead atoms. The van der Waals surface area contributed by atoms with Gasteiger partial charge < -0.3 is 14.8 Å². The van der Waals surface area contributed by atoms with Crippen LogP contribution in [0, 0.1) is 21.8 Å². The number of rotatable bonds is 9. The molecule has 5 nitrogen and oxygen atoms in total. The molecular formula is C27H25IN2O3. The molecule has 0 aliphatic carbocycles. The Morgan fingerprint density at radius 2 is 1.79 bits per heavy atom. The molecule has 1 amide bonds. The van der Waals surface area contributed by atoms with Gasteiger partial charge in [0, 0.05) is 6.54 Å². The molecule has 3 rings (SSSR count). The third-order valence-corrected chi connectivity index (χ3v) is 5.61. The Bertz CT molecular complexity index is 1170. The van der Waals surface area contributed by atoms with Crippen molar-refractivity contribution in [2.45, 2.75) is 27.0 Å². The maximum absolute atomic E-state index is 12.5. The number of halogens is 1. The van der Waals surface area contributed by atoms with Crippen molar-refractivity contribution >= 4 is 34.6 Å². The molecule has 0 saturated carbocycles. The van der Waals surface area contributed by atoms with Crippen LogP contribution in [0.5, 0.6) is 11.5 Å². The van der Waals surface area contributed by atoms with Crippen molar-refractivity contribution in [2.24, 2.45) is 0 Å². The van der Waals surface area contributed by atoms with E-state index in [1.54, 1.807) is 12.1 Å². The highest BCUT2D eigenvalue weighted by atomic mass is 127. The highest BCUT2D eigenvalue weighted by Gasteiger charge is 2.14. The number of nitriles is 1. The van der Waals surface area contributed by atoms with E-state index in [4.69, 9.17) is 9.47 Å². The zero-order chi connectivity index (χ0) is 23.6. The maximum Gasteiger partial charge on any atom is 0.262 e. The van der Waals surface area contributed by atoms with E-state index in [9.17, 15) is 10.1 Å². The first-order chi connectivity index (χ1) is 16.0. The molecule has 3 aromatic rings. The van der Waals surface area contributed by atoms with Crippen LogP contribution in [-0.2, 0) is 17.9 Å². The van der Waals surface area contributed by atoms with Crippen LogP contribution in [0.2, 0.25) is 0 Å². The Labute approximate surface area is 208 Å². The standard InChI is InChI=1S/C27H25IN2O3/c1-3-32-25-15-22(13-23(16-29)27(31)30-17-20-7-5-4-6-8-20)14-24(28)26(25)33-18-21-11-9-19(2)10-12-21/h4-15H,3,17-18H2,1-2H3,(H,30,31)/b23-13+. The van der Waals surface area contributed by atoms with Crippen molar-refractivity contribution in [1.82, 2.24) is 5.32 Å². The van der Waals surface area contributed by atoms with E-state index in [0.717, 1.165) is 14.7 Å². The fourth-order valence-electron chi connectivity index (χ4n) is 3.10. The first kappa shape index (κ1) is 24.3. The summed E-state index contributed by atoms with van der Waals surface area (Å²) in [7, 11) is 0. The third-order valence-electron chi connectivity index (χ3n) is 4.81. The van der Waals surface area contributed by atoms with Crippen molar-refractivity contribution in [3.8, 4) is 17.6 Å². The summed E-state index contributed by atoms with van der Waals surface area (Å²) in [6.07, 6.45) is 1.56. The largest absolute Gasteiger partial charge is 0.490 e. The molecule has 0 atom stereocenters. The third kappa shape index (κ3) is 7.09. The molecule has 0 heterocycles. The summed E-state index contributed by atoms with van der Waals surface area (Å²) in [5.74, 6) is 0.793. The minimum atomic E-state index is -0.422. The number of carbonyl (C=O) groups excluding carboxylic acids is 1. The second-order valence-corrected chi connectivity index (χ2v) is 8.54. The van der Waals surface area contributed by atoms with Gasteiger partial charge in [0.1, 0.15) is 18.2 Å². The second-order valence-electron chi connectivity index (χ2n) is 7.38. The molecular weight excluding hydrogens is 527 g/mol. The molecule has 0 radical (unpaired) electrons. The van der Waals surface area contributed by atoms with E-state index in [1.807, 2.05) is 80.6 Å². The molecule has 0 saturated heterocycles. The van der Waals surface area contributed by atoms with Crippen LogP contribution >= 0.6 is 22.6 Å². The quantitative estimate of drug-likeness (QED) is 0.207. The lowest BCUT2D eigenvalue weighted by atomic mass is 10.1. The minimum absolute atomic E-state index is 0.0255. The van der Waals surface area contributed by atoms with Crippen LogP contribution in [0.4, 0.5) is 0 Å². The van der Waals surface area contributed by atoms with E-state index in [2.05, 4.69) is 27.9 Å². The fraction of sp³-hybridized carbons (Fsp3) is 0.185. The molecule has 6 heteroatoms. The van der Waals surface area contributed by atoms with Gasteiger partial charge in [-0.1, -0.05) is 60.2 Å². The topological polar surface area (TPSA) is 71.3 Å². The van der Waals surface area contributed by atoms with Gasteiger partial charge in [-0.2, -0.15) is 5.26 Å². The highest BCUT2D eigenvalue weighted by molar-refractivity contribution is 14.1. The fourth-order valence-corrected chi connectivity index (χ4v) is 3.88. The second kappa shape index (κ2) is 12.1. The van der Waals surface area contributed by atoms with Crippen molar-refractivity contribution < 1.29 is 14.3 Å². The molecule has 0 aliphatic heterocycles. The number of benzene rings is 3.